The Kier molecular flexibility index (Phi) is 3.73. The molecule has 7 nitrogen and oxygen atoms in total. The van der Waals surface area contributed by atoms with Crippen LogP contribution in [0.15, 0.2) is 59.8 Å². The number of anilines is 2. The molecule has 7 heteroatoms. The van der Waals surface area contributed by atoms with Gasteiger partial charge in [-0.15, -0.1) is 0 Å². The summed E-state index contributed by atoms with van der Waals surface area (Å²) in [7, 11) is 1.19. The number of hydrogen-bond acceptors (Lipinski definition) is 6. The normalized spacial score (nSPS) is 20.4. The third-order valence-electron chi connectivity index (χ3n) is 4.60. The van der Waals surface area contributed by atoms with Gasteiger partial charge < -0.3 is 20.1 Å². The molecule has 136 valence electrons. The van der Waals surface area contributed by atoms with Gasteiger partial charge in [0.15, 0.2) is 0 Å². The molecule has 2 aliphatic rings. The van der Waals surface area contributed by atoms with E-state index in [1.165, 1.54) is 7.11 Å². The summed E-state index contributed by atoms with van der Waals surface area (Å²) in [5.41, 5.74) is 0.279. The molecule has 1 atom stereocenters. The number of methoxy groups -OCH3 is 1. The molecule has 2 aromatic rings. The van der Waals surface area contributed by atoms with Crippen molar-refractivity contribution in [1.82, 2.24) is 0 Å². The summed E-state index contributed by atoms with van der Waals surface area (Å²) in [6.07, 6.45) is 0. The van der Waals surface area contributed by atoms with Crippen molar-refractivity contribution in [1.29, 1.82) is 0 Å². The maximum Gasteiger partial charge on any atom is 0.357 e. The van der Waals surface area contributed by atoms with Crippen LogP contribution in [0.1, 0.15) is 11.1 Å². The van der Waals surface area contributed by atoms with Crippen molar-refractivity contribution in [3.63, 3.8) is 0 Å². The van der Waals surface area contributed by atoms with Crippen molar-refractivity contribution in [2.45, 2.75) is 12.5 Å². The average Bonchev–Trinajstić information content (AvgIpc) is 3.09. The first kappa shape index (κ1) is 16.8. The molecule has 4 rings (SSSR count). The molecule has 0 radical (unpaired) electrons. The monoisotopic (exact) mass is 364 g/mol. The quantitative estimate of drug-likeness (QED) is 0.812. The minimum Gasteiger partial charge on any atom is -0.465 e. The molecular formula is C20H16N2O5. The highest BCUT2D eigenvalue weighted by molar-refractivity contribution is 6.19. The zero-order valence-electron chi connectivity index (χ0n) is 14.7. The zero-order chi connectivity index (χ0) is 19.2. The van der Waals surface area contributed by atoms with Crippen molar-refractivity contribution in [2.75, 3.05) is 17.7 Å². The topological polar surface area (TPSA) is 93.7 Å². The van der Waals surface area contributed by atoms with Gasteiger partial charge in [0.25, 0.3) is 11.5 Å². The summed E-state index contributed by atoms with van der Waals surface area (Å²) >= 11 is 0. The third-order valence-corrected chi connectivity index (χ3v) is 4.60. The van der Waals surface area contributed by atoms with Crippen molar-refractivity contribution in [2.24, 2.45) is 0 Å². The van der Waals surface area contributed by atoms with Crippen molar-refractivity contribution in [3.8, 4) is 0 Å². The number of rotatable bonds is 3. The van der Waals surface area contributed by atoms with Crippen LogP contribution >= 0.6 is 0 Å². The number of carbonyl (C=O) groups is 3. The van der Waals surface area contributed by atoms with E-state index in [0.717, 1.165) is 5.56 Å². The Morgan fingerprint density at radius 3 is 2.67 bits per heavy atom. The predicted octanol–water partition coefficient (Wildman–Crippen LogP) is 2.24. The maximum absolute atomic E-state index is 12.8. The molecule has 2 aromatic carbocycles. The fourth-order valence-electron chi connectivity index (χ4n) is 3.43. The summed E-state index contributed by atoms with van der Waals surface area (Å²) in [6, 6.07) is 14.0. The Morgan fingerprint density at radius 2 is 1.93 bits per heavy atom. The first-order chi connectivity index (χ1) is 13.0. The van der Waals surface area contributed by atoms with Gasteiger partial charge in [-0.1, -0.05) is 30.3 Å². The summed E-state index contributed by atoms with van der Waals surface area (Å²) in [6.45, 7) is 1.90. The van der Waals surface area contributed by atoms with E-state index < -0.39 is 23.4 Å². The first-order valence-electron chi connectivity index (χ1n) is 8.28. The SMILES string of the molecule is COC(=O)C1=C(Nc2cccc(C)c2)C(=O)OC12C(=O)Nc1ccccc12. The molecule has 27 heavy (non-hydrogen) atoms. The van der Waals surface area contributed by atoms with Crippen LogP contribution < -0.4 is 10.6 Å². The van der Waals surface area contributed by atoms with E-state index in [-0.39, 0.29) is 11.3 Å². The molecule has 0 saturated carbocycles. The van der Waals surface area contributed by atoms with E-state index in [1.54, 1.807) is 30.3 Å². The standard InChI is InChI=1S/C20H16N2O5/c1-11-6-5-7-12(10-11)21-16-15(17(23)26-2)20(27-18(16)24)13-8-3-4-9-14(13)22-19(20)25/h3-10,21H,1-2H3,(H,22,25). The van der Waals surface area contributed by atoms with Crippen LogP contribution in [0.3, 0.4) is 0 Å². The lowest BCUT2D eigenvalue weighted by Crippen LogP contribution is -2.39. The number of amides is 1. The molecule has 2 N–H and O–H groups in total. The number of benzene rings is 2. The number of para-hydroxylation sites is 1. The molecule has 1 amide bonds. The van der Waals surface area contributed by atoms with Crippen LogP contribution in [-0.4, -0.2) is 25.0 Å². The number of esters is 2. The predicted molar refractivity (Wildman–Crippen MR) is 96.7 cm³/mol. The zero-order valence-corrected chi connectivity index (χ0v) is 14.7. The Labute approximate surface area is 155 Å². The van der Waals surface area contributed by atoms with Gasteiger partial charge in [-0.05, 0) is 30.7 Å². The molecule has 0 aromatic heterocycles. The van der Waals surface area contributed by atoms with Gasteiger partial charge in [0.1, 0.15) is 11.3 Å². The Morgan fingerprint density at radius 1 is 1.15 bits per heavy atom. The molecular weight excluding hydrogens is 348 g/mol. The summed E-state index contributed by atoms with van der Waals surface area (Å²) in [5, 5.41) is 5.59. The van der Waals surface area contributed by atoms with Gasteiger partial charge >= 0.3 is 11.9 Å². The lowest BCUT2D eigenvalue weighted by molar-refractivity contribution is -0.156. The Balaban J connectivity index is 1.92. The maximum atomic E-state index is 12.8. The minimum atomic E-state index is -1.87. The van der Waals surface area contributed by atoms with Crippen LogP contribution in [0.25, 0.3) is 0 Å². The summed E-state index contributed by atoms with van der Waals surface area (Å²) < 4.78 is 10.4. The van der Waals surface area contributed by atoms with Gasteiger partial charge in [-0.2, -0.15) is 0 Å². The molecule has 2 heterocycles. The van der Waals surface area contributed by atoms with Gasteiger partial charge in [0, 0.05) is 16.9 Å². The first-order valence-corrected chi connectivity index (χ1v) is 8.28. The number of ether oxygens (including phenoxy) is 2. The molecule has 1 unspecified atom stereocenters. The number of hydrogen-bond donors (Lipinski definition) is 2. The van der Waals surface area contributed by atoms with E-state index in [2.05, 4.69) is 10.6 Å². The van der Waals surface area contributed by atoms with E-state index in [1.807, 2.05) is 25.1 Å². The largest absolute Gasteiger partial charge is 0.465 e. The number of aryl methyl sites for hydroxylation is 1. The molecule has 0 saturated heterocycles. The van der Waals surface area contributed by atoms with Crippen LogP contribution in [0.4, 0.5) is 11.4 Å². The smallest absolute Gasteiger partial charge is 0.357 e. The minimum absolute atomic E-state index is 0.112. The second-order valence-electron chi connectivity index (χ2n) is 6.31. The summed E-state index contributed by atoms with van der Waals surface area (Å²) in [4.78, 5) is 38.1. The van der Waals surface area contributed by atoms with Crippen molar-refractivity contribution >= 4 is 29.2 Å². The molecule has 0 fully saturated rings. The van der Waals surface area contributed by atoms with Gasteiger partial charge in [-0.3, -0.25) is 4.79 Å². The second kappa shape index (κ2) is 5.98. The van der Waals surface area contributed by atoms with Crippen molar-refractivity contribution < 1.29 is 23.9 Å². The summed E-state index contributed by atoms with van der Waals surface area (Å²) in [5.74, 6) is -2.23. The van der Waals surface area contributed by atoms with E-state index in [0.29, 0.717) is 16.9 Å². The third kappa shape index (κ3) is 2.39. The van der Waals surface area contributed by atoms with Crippen molar-refractivity contribution in [3.05, 3.63) is 70.9 Å². The highest BCUT2D eigenvalue weighted by atomic mass is 16.6. The van der Waals surface area contributed by atoms with E-state index in [9.17, 15) is 14.4 Å². The fraction of sp³-hybridized carbons (Fsp3) is 0.150. The Bertz CT molecular complexity index is 1030. The van der Waals surface area contributed by atoms with Gasteiger partial charge in [0.05, 0.1) is 7.11 Å². The van der Waals surface area contributed by atoms with Crippen LogP contribution in [-0.2, 0) is 29.5 Å². The number of carbonyl (C=O) groups excluding carboxylic acids is 3. The van der Waals surface area contributed by atoms with Crippen LogP contribution in [0.5, 0.6) is 0 Å². The molecule has 1 spiro atoms. The van der Waals surface area contributed by atoms with Crippen LogP contribution in [0, 0.1) is 6.92 Å². The molecule has 0 bridgehead atoms. The van der Waals surface area contributed by atoms with Gasteiger partial charge in [0.2, 0.25) is 0 Å². The average molecular weight is 364 g/mol. The molecule has 2 aliphatic heterocycles. The molecule has 0 aliphatic carbocycles. The Hall–Kier alpha value is -3.61. The van der Waals surface area contributed by atoms with Crippen LogP contribution in [0.2, 0.25) is 0 Å². The van der Waals surface area contributed by atoms with E-state index in [4.69, 9.17) is 9.47 Å². The highest BCUT2D eigenvalue weighted by Gasteiger charge is 2.62. The lowest BCUT2D eigenvalue weighted by Gasteiger charge is -2.22. The highest BCUT2D eigenvalue weighted by Crippen LogP contribution is 2.49. The number of nitrogens with one attached hydrogen (secondary N) is 2. The fourth-order valence-corrected chi connectivity index (χ4v) is 3.43. The second-order valence-corrected chi connectivity index (χ2v) is 6.31. The van der Waals surface area contributed by atoms with Gasteiger partial charge in [-0.25, -0.2) is 9.59 Å². The lowest BCUT2D eigenvalue weighted by atomic mass is 9.87. The number of fused-ring (bicyclic) bond motifs is 2. The van der Waals surface area contributed by atoms with E-state index >= 15 is 0 Å².